The first kappa shape index (κ1) is 17.4. The lowest BCUT2D eigenvalue weighted by molar-refractivity contribution is 0.200. The van der Waals surface area contributed by atoms with Crippen LogP contribution >= 0.6 is 11.3 Å². The lowest BCUT2D eigenvalue weighted by Crippen LogP contribution is -2.39. The minimum absolute atomic E-state index is 0.101. The monoisotopic (exact) mass is 333 g/mol. The van der Waals surface area contributed by atoms with Crippen molar-refractivity contribution in [3.63, 3.8) is 0 Å². The van der Waals surface area contributed by atoms with Gasteiger partial charge in [-0.1, -0.05) is 30.3 Å². The summed E-state index contributed by atoms with van der Waals surface area (Å²) in [4.78, 5) is 18.4. The summed E-state index contributed by atoms with van der Waals surface area (Å²) in [5, 5.41) is 15.0. The van der Waals surface area contributed by atoms with Gasteiger partial charge in [-0.05, 0) is 25.3 Å². The first-order chi connectivity index (χ1) is 11.1. The van der Waals surface area contributed by atoms with E-state index in [0.717, 1.165) is 16.3 Å². The molecule has 0 aliphatic heterocycles. The van der Waals surface area contributed by atoms with Gasteiger partial charge in [0.2, 0.25) is 0 Å². The summed E-state index contributed by atoms with van der Waals surface area (Å²) in [5.74, 6) is 0. The third kappa shape index (κ3) is 5.33. The van der Waals surface area contributed by atoms with E-state index in [1.54, 1.807) is 23.3 Å². The fourth-order valence-corrected chi connectivity index (χ4v) is 3.14. The number of aromatic nitrogens is 1. The van der Waals surface area contributed by atoms with Crippen molar-refractivity contribution in [3.8, 4) is 0 Å². The van der Waals surface area contributed by atoms with Crippen molar-refractivity contribution in [2.75, 3.05) is 13.7 Å². The van der Waals surface area contributed by atoms with Crippen LogP contribution in [-0.2, 0) is 6.54 Å². The van der Waals surface area contributed by atoms with Gasteiger partial charge >= 0.3 is 6.03 Å². The van der Waals surface area contributed by atoms with E-state index in [1.807, 2.05) is 42.6 Å². The van der Waals surface area contributed by atoms with E-state index in [1.165, 1.54) is 0 Å². The number of hydrogen-bond acceptors (Lipinski definition) is 4. The Kier molecular flexibility index (Phi) is 6.55. The van der Waals surface area contributed by atoms with Gasteiger partial charge in [-0.2, -0.15) is 0 Å². The van der Waals surface area contributed by atoms with E-state index >= 15 is 0 Å². The molecule has 1 unspecified atom stereocenters. The third-order valence-electron chi connectivity index (χ3n) is 3.54. The van der Waals surface area contributed by atoms with E-state index in [-0.39, 0.29) is 18.7 Å². The standard InChI is InChI=1S/C17H23N3O2S/c1-13-12-23-16(18-13)11-20(2)17(22)19-15(9-6-10-21)14-7-4-3-5-8-14/h3-5,7-8,12,15,21H,6,9-11H2,1-2H3,(H,19,22). The molecule has 2 amide bonds. The van der Waals surface area contributed by atoms with E-state index in [0.29, 0.717) is 19.4 Å². The van der Waals surface area contributed by atoms with Crippen LogP contribution in [0.2, 0.25) is 0 Å². The first-order valence-corrected chi connectivity index (χ1v) is 8.56. The first-order valence-electron chi connectivity index (χ1n) is 7.68. The van der Waals surface area contributed by atoms with E-state index in [4.69, 9.17) is 5.11 Å². The number of nitrogens with zero attached hydrogens (tertiary/aromatic N) is 2. The summed E-state index contributed by atoms with van der Waals surface area (Å²) in [7, 11) is 1.76. The number of amides is 2. The quantitative estimate of drug-likeness (QED) is 0.818. The van der Waals surface area contributed by atoms with Gasteiger partial charge in [0.25, 0.3) is 0 Å². The molecule has 2 rings (SSSR count). The fourth-order valence-electron chi connectivity index (χ4n) is 2.31. The lowest BCUT2D eigenvalue weighted by atomic mass is 10.0. The minimum atomic E-state index is -0.135. The largest absolute Gasteiger partial charge is 0.396 e. The van der Waals surface area contributed by atoms with E-state index < -0.39 is 0 Å². The number of nitrogens with one attached hydrogen (secondary N) is 1. The average Bonchev–Trinajstić information content (AvgIpc) is 2.97. The van der Waals surface area contributed by atoms with Gasteiger partial charge in [-0.15, -0.1) is 11.3 Å². The molecule has 0 spiro atoms. The van der Waals surface area contributed by atoms with Crippen LogP contribution in [0.3, 0.4) is 0 Å². The van der Waals surface area contributed by atoms with Gasteiger partial charge in [0.05, 0.1) is 12.6 Å². The highest BCUT2D eigenvalue weighted by Crippen LogP contribution is 2.19. The summed E-state index contributed by atoms with van der Waals surface area (Å²) < 4.78 is 0. The number of aliphatic hydroxyl groups excluding tert-OH is 1. The number of carbonyl (C=O) groups excluding carboxylic acids is 1. The molecule has 2 aromatic rings. The SMILES string of the molecule is Cc1csc(CN(C)C(=O)NC(CCCO)c2ccccc2)n1. The van der Waals surface area contributed by atoms with Crippen molar-refractivity contribution in [1.82, 2.24) is 15.2 Å². The van der Waals surface area contributed by atoms with Crippen molar-refractivity contribution in [3.05, 3.63) is 52.0 Å². The second-order valence-corrected chi connectivity index (χ2v) is 6.46. The number of thiazole rings is 1. The molecule has 1 aromatic heterocycles. The lowest BCUT2D eigenvalue weighted by Gasteiger charge is -2.23. The van der Waals surface area contributed by atoms with Crippen LogP contribution in [-0.4, -0.2) is 34.7 Å². The van der Waals surface area contributed by atoms with Crippen LogP contribution in [0.1, 0.15) is 35.1 Å². The molecule has 0 aliphatic carbocycles. The summed E-state index contributed by atoms with van der Waals surface area (Å²) in [6, 6.07) is 9.61. The van der Waals surface area contributed by atoms with Crippen LogP contribution in [0, 0.1) is 6.92 Å². The number of urea groups is 1. The van der Waals surface area contributed by atoms with Gasteiger partial charge in [0.1, 0.15) is 5.01 Å². The van der Waals surface area contributed by atoms with Crippen molar-refractivity contribution in [2.24, 2.45) is 0 Å². The van der Waals surface area contributed by atoms with Crippen LogP contribution < -0.4 is 5.32 Å². The topological polar surface area (TPSA) is 65.5 Å². The molecule has 0 aliphatic rings. The normalized spacial score (nSPS) is 12.0. The number of benzene rings is 1. The van der Waals surface area contributed by atoms with Gasteiger partial charge < -0.3 is 15.3 Å². The van der Waals surface area contributed by atoms with Crippen LogP contribution in [0.5, 0.6) is 0 Å². The van der Waals surface area contributed by atoms with Crippen LogP contribution in [0.4, 0.5) is 4.79 Å². The van der Waals surface area contributed by atoms with Gasteiger partial charge in [-0.3, -0.25) is 0 Å². The minimum Gasteiger partial charge on any atom is -0.396 e. The highest BCUT2D eigenvalue weighted by molar-refractivity contribution is 7.09. The van der Waals surface area contributed by atoms with E-state index in [2.05, 4.69) is 10.3 Å². The zero-order chi connectivity index (χ0) is 16.7. The Morgan fingerprint density at radius 3 is 2.74 bits per heavy atom. The number of hydrogen-bond donors (Lipinski definition) is 2. The number of aryl methyl sites for hydroxylation is 1. The molecule has 2 N–H and O–H groups in total. The van der Waals surface area contributed by atoms with Crippen molar-refractivity contribution in [1.29, 1.82) is 0 Å². The molecule has 0 bridgehead atoms. The molecule has 6 heteroatoms. The number of carbonyl (C=O) groups is 1. The summed E-state index contributed by atoms with van der Waals surface area (Å²) >= 11 is 1.56. The predicted molar refractivity (Wildman–Crippen MR) is 92.4 cm³/mol. The highest BCUT2D eigenvalue weighted by atomic mass is 32.1. The van der Waals surface area contributed by atoms with Crippen LogP contribution in [0.25, 0.3) is 0 Å². The van der Waals surface area contributed by atoms with Crippen LogP contribution in [0.15, 0.2) is 35.7 Å². The Hall–Kier alpha value is -1.92. The average molecular weight is 333 g/mol. The summed E-state index contributed by atoms with van der Waals surface area (Å²) in [5.41, 5.74) is 2.02. The maximum absolute atomic E-state index is 12.4. The van der Waals surface area contributed by atoms with E-state index in [9.17, 15) is 4.79 Å². The molecule has 23 heavy (non-hydrogen) atoms. The summed E-state index contributed by atoms with van der Waals surface area (Å²) in [6.45, 7) is 2.56. The third-order valence-corrected chi connectivity index (χ3v) is 4.49. The predicted octanol–water partition coefficient (Wildman–Crippen LogP) is 3.11. The van der Waals surface area contributed by atoms with Gasteiger partial charge in [-0.25, -0.2) is 9.78 Å². The number of rotatable bonds is 7. The Bertz CT molecular complexity index is 615. The highest BCUT2D eigenvalue weighted by Gasteiger charge is 2.17. The van der Waals surface area contributed by atoms with Crippen molar-refractivity contribution >= 4 is 17.4 Å². The zero-order valence-corrected chi connectivity index (χ0v) is 14.3. The maximum atomic E-state index is 12.4. The molecular weight excluding hydrogens is 310 g/mol. The number of aliphatic hydroxyl groups is 1. The van der Waals surface area contributed by atoms with Crippen molar-refractivity contribution < 1.29 is 9.90 Å². The van der Waals surface area contributed by atoms with Crippen molar-refractivity contribution in [2.45, 2.75) is 32.4 Å². The Labute approximate surface area is 141 Å². The second kappa shape index (κ2) is 8.64. The Morgan fingerprint density at radius 2 is 2.13 bits per heavy atom. The molecule has 0 fully saturated rings. The molecular formula is C17H23N3O2S. The molecule has 0 saturated heterocycles. The van der Waals surface area contributed by atoms with Gasteiger partial charge in [0, 0.05) is 24.7 Å². The Morgan fingerprint density at radius 1 is 1.39 bits per heavy atom. The Balaban J connectivity index is 1.98. The smallest absolute Gasteiger partial charge is 0.318 e. The summed E-state index contributed by atoms with van der Waals surface area (Å²) in [6.07, 6.45) is 1.35. The van der Waals surface area contributed by atoms with Gasteiger partial charge in [0.15, 0.2) is 0 Å². The molecule has 1 heterocycles. The molecule has 1 aromatic carbocycles. The maximum Gasteiger partial charge on any atom is 0.318 e. The molecule has 5 nitrogen and oxygen atoms in total. The molecule has 0 radical (unpaired) electrons. The molecule has 0 saturated carbocycles. The molecule has 124 valence electrons. The fraction of sp³-hybridized carbons (Fsp3) is 0.412. The molecule has 1 atom stereocenters. The second-order valence-electron chi connectivity index (χ2n) is 5.52. The zero-order valence-electron chi connectivity index (χ0n) is 13.5.